The van der Waals surface area contributed by atoms with Crippen LogP contribution in [-0.4, -0.2) is 30.6 Å². The van der Waals surface area contributed by atoms with Crippen molar-refractivity contribution in [1.29, 1.82) is 0 Å². The second-order valence-electron chi connectivity index (χ2n) is 6.83. The lowest BCUT2D eigenvalue weighted by Crippen LogP contribution is -2.21. The Labute approximate surface area is 173 Å². The molecule has 1 heterocycles. The molecular weight excluding hydrogens is 380 g/mol. The standard InChI is InChI=1S/C24H20N2O4/c1-15-20(12-17-10-11-18(29-2)13-22(17)25-15)24(28)30-14-23(27)26-21-9-5-7-16-6-3-4-8-19(16)21/h3-13H,14H2,1-2H3,(H,26,27). The molecule has 1 N–H and O–H groups in total. The molecule has 0 aliphatic carbocycles. The molecule has 0 fully saturated rings. The summed E-state index contributed by atoms with van der Waals surface area (Å²) >= 11 is 0. The number of carbonyl (C=O) groups excluding carboxylic acids is 2. The quantitative estimate of drug-likeness (QED) is 0.499. The van der Waals surface area contributed by atoms with Gasteiger partial charge < -0.3 is 14.8 Å². The second kappa shape index (κ2) is 8.21. The van der Waals surface area contributed by atoms with Crippen molar-refractivity contribution in [2.75, 3.05) is 19.0 Å². The van der Waals surface area contributed by atoms with E-state index in [-0.39, 0.29) is 6.61 Å². The van der Waals surface area contributed by atoms with Gasteiger partial charge in [-0.15, -0.1) is 0 Å². The highest BCUT2D eigenvalue weighted by Crippen LogP contribution is 2.24. The average Bonchev–Trinajstić information content (AvgIpc) is 2.77. The third-order valence-corrected chi connectivity index (χ3v) is 4.83. The van der Waals surface area contributed by atoms with Crippen LogP contribution in [0.2, 0.25) is 0 Å². The minimum absolute atomic E-state index is 0.325. The molecule has 4 rings (SSSR count). The molecule has 0 spiro atoms. The van der Waals surface area contributed by atoms with E-state index in [1.807, 2.05) is 48.5 Å². The van der Waals surface area contributed by atoms with Crippen LogP contribution in [0.4, 0.5) is 5.69 Å². The summed E-state index contributed by atoms with van der Waals surface area (Å²) < 4.78 is 10.4. The second-order valence-corrected chi connectivity index (χ2v) is 6.83. The van der Waals surface area contributed by atoms with E-state index < -0.39 is 11.9 Å². The number of aromatic nitrogens is 1. The number of benzene rings is 3. The zero-order valence-corrected chi connectivity index (χ0v) is 16.6. The number of anilines is 1. The minimum Gasteiger partial charge on any atom is -0.497 e. The summed E-state index contributed by atoms with van der Waals surface area (Å²) in [4.78, 5) is 29.3. The Kier molecular flexibility index (Phi) is 5.30. The SMILES string of the molecule is COc1ccc2cc(C(=O)OCC(=O)Nc3cccc4ccccc34)c(C)nc2c1. The fraction of sp³-hybridized carbons (Fsp3) is 0.125. The fourth-order valence-electron chi connectivity index (χ4n) is 3.31. The van der Waals surface area contributed by atoms with Crippen molar-refractivity contribution in [3.63, 3.8) is 0 Å². The molecule has 0 bridgehead atoms. The van der Waals surface area contributed by atoms with Gasteiger partial charge in [-0.25, -0.2) is 4.79 Å². The Balaban J connectivity index is 1.46. The number of nitrogens with zero attached hydrogens (tertiary/aromatic N) is 1. The molecule has 4 aromatic rings. The predicted octanol–water partition coefficient (Wildman–Crippen LogP) is 4.50. The lowest BCUT2D eigenvalue weighted by Gasteiger charge is -2.11. The first-order valence-corrected chi connectivity index (χ1v) is 9.45. The zero-order valence-electron chi connectivity index (χ0n) is 16.6. The number of hydrogen-bond donors (Lipinski definition) is 1. The van der Waals surface area contributed by atoms with Crippen molar-refractivity contribution in [2.24, 2.45) is 0 Å². The molecule has 0 saturated heterocycles. The molecule has 0 saturated carbocycles. The van der Waals surface area contributed by atoms with Crippen molar-refractivity contribution in [1.82, 2.24) is 4.98 Å². The molecule has 0 atom stereocenters. The maximum Gasteiger partial charge on any atom is 0.340 e. The smallest absolute Gasteiger partial charge is 0.340 e. The number of esters is 1. The zero-order chi connectivity index (χ0) is 21.1. The highest BCUT2D eigenvalue weighted by molar-refractivity contribution is 6.03. The maximum absolute atomic E-state index is 12.5. The van der Waals surface area contributed by atoms with Gasteiger partial charge >= 0.3 is 5.97 Å². The van der Waals surface area contributed by atoms with Gasteiger partial charge in [0.25, 0.3) is 5.91 Å². The van der Waals surface area contributed by atoms with Gasteiger partial charge in [-0.05, 0) is 36.6 Å². The number of amides is 1. The Hall–Kier alpha value is -3.93. The van der Waals surface area contributed by atoms with E-state index in [0.29, 0.717) is 22.7 Å². The van der Waals surface area contributed by atoms with Crippen LogP contribution < -0.4 is 10.1 Å². The maximum atomic E-state index is 12.5. The number of carbonyl (C=O) groups is 2. The van der Waals surface area contributed by atoms with Crippen LogP contribution in [0.15, 0.2) is 66.7 Å². The summed E-state index contributed by atoms with van der Waals surface area (Å²) in [5.74, 6) is -0.309. The summed E-state index contributed by atoms with van der Waals surface area (Å²) in [6.45, 7) is 1.34. The lowest BCUT2D eigenvalue weighted by molar-refractivity contribution is -0.119. The first-order valence-electron chi connectivity index (χ1n) is 9.45. The van der Waals surface area contributed by atoms with Crippen LogP contribution >= 0.6 is 0 Å². The van der Waals surface area contributed by atoms with Crippen molar-refractivity contribution in [3.05, 3.63) is 78.0 Å². The van der Waals surface area contributed by atoms with E-state index >= 15 is 0 Å². The molecule has 1 aromatic heterocycles. The minimum atomic E-state index is -0.592. The van der Waals surface area contributed by atoms with Gasteiger partial charge in [0.05, 0.1) is 23.9 Å². The van der Waals surface area contributed by atoms with Crippen LogP contribution in [0.25, 0.3) is 21.7 Å². The molecule has 0 unspecified atom stereocenters. The largest absolute Gasteiger partial charge is 0.497 e. The average molecular weight is 400 g/mol. The summed E-state index contributed by atoms with van der Waals surface area (Å²) in [7, 11) is 1.59. The number of nitrogens with one attached hydrogen (secondary N) is 1. The van der Waals surface area contributed by atoms with Gasteiger partial charge in [-0.3, -0.25) is 9.78 Å². The van der Waals surface area contributed by atoms with E-state index in [2.05, 4.69) is 10.3 Å². The van der Waals surface area contributed by atoms with Gasteiger partial charge in [0.2, 0.25) is 0 Å². The normalized spacial score (nSPS) is 10.7. The number of fused-ring (bicyclic) bond motifs is 2. The van der Waals surface area contributed by atoms with E-state index in [9.17, 15) is 9.59 Å². The number of rotatable bonds is 5. The number of pyridine rings is 1. The summed E-state index contributed by atoms with van der Waals surface area (Å²) in [6, 6.07) is 20.5. The van der Waals surface area contributed by atoms with Crippen molar-refractivity contribution < 1.29 is 19.1 Å². The molecule has 30 heavy (non-hydrogen) atoms. The fourth-order valence-corrected chi connectivity index (χ4v) is 3.31. The molecular formula is C24H20N2O4. The first-order chi connectivity index (χ1) is 14.5. The van der Waals surface area contributed by atoms with E-state index in [1.54, 1.807) is 32.2 Å². The summed E-state index contributed by atoms with van der Waals surface area (Å²) in [5, 5.41) is 5.53. The van der Waals surface area contributed by atoms with Crippen LogP contribution in [-0.2, 0) is 9.53 Å². The number of hydrogen-bond acceptors (Lipinski definition) is 5. The van der Waals surface area contributed by atoms with Gasteiger partial charge in [0.1, 0.15) is 5.75 Å². The van der Waals surface area contributed by atoms with Gasteiger partial charge in [0.15, 0.2) is 6.61 Å². The Morgan fingerprint density at radius 1 is 0.967 bits per heavy atom. The van der Waals surface area contributed by atoms with Crippen LogP contribution in [0.5, 0.6) is 5.75 Å². The summed E-state index contributed by atoms with van der Waals surface area (Å²) in [6.07, 6.45) is 0. The molecule has 3 aromatic carbocycles. The monoisotopic (exact) mass is 400 g/mol. The lowest BCUT2D eigenvalue weighted by atomic mass is 10.1. The first kappa shape index (κ1) is 19.4. The molecule has 1 amide bonds. The van der Waals surface area contributed by atoms with Gasteiger partial charge in [0, 0.05) is 22.5 Å². The predicted molar refractivity (Wildman–Crippen MR) is 116 cm³/mol. The topological polar surface area (TPSA) is 77.5 Å². The van der Waals surface area contributed by atoms with E-state index in [1.165, 1.54) is 0 Å². The Morgan fingerprint density at radius 3 is 2.60 bits per heavy atom. The Bertz CT molecular complexity index is 1260. The van der Waals surface area contributed by atoms with Crippen molar-refractivity contribution in [2.45, 2.75) is 6.92 Å². The molecule has 0 aliphatic heterocycles. The number of aryl methyl sites for hydroxylation is 1. The molecule has 0 aliphatic rings. The van der Waals surface area contributed by atoms with Gasteiger partial charge in [-0.1, -0.05) is 36.4 Å². The number of methoxy groups -OCH3 is 1. The highest BCUT2D eigenvalue weighted by Gasteiger charge is 2.16. The van der Waals surface area contributed by atoms with Crippen molar-refractivity contribution >= 4 is 39.2 Å². The third kappa shape index (κ3) is 3.93. The third-order valence-electron chi connectivity index (χ3n) is 4.83. The molecule has 6 heteroatoms. The van der Waals surface area contributed by atoms with Crippen molar-refractivity contribution in [3.8, 4) is 5.75 Å². The number of ether oxygens (including phenoxy) is 2. The van der Waals surface area contributed by atoms with Crippen LogP contribution in [0, 0.1) is 6.92 Å². The molecule has 6 nitrogen and oxygen atoms in total. The molecule has 150 valence electrons. The van der Waals surface area contributed by atoms with E-state index in [0.717, 1.165) is 21.7 Å². The molecule has 0 radical (unpaired) electrons. The van der Waals surface area contributed by atoms with Crippen LogP contribution in [0.3, 0.4) is 0 Å². The highest BCUT2D eigenvalue weighted by atomic mass is 16.5. The Morgan fingerprint density at radius 2 is 1.77 bits per heavy atom. The van der Waals surface area contributed by atoms with Gasteiger partial charge in [-0.2, -0.15) is 0 Å². The summed E-state index contributed by atoms with van der Waals surface area (Å²) in [5.41, 5.74) is 2.24. The van der Waals surface area contributed by atoms with Crippen LogP contribution in [0.1, 0.15) is 16.1 Å². The van der Waals surface area contributed by atoms with E-state index in [4.69, 9.17) is 9.47 Å².